The molecule has 3 nitrogen and oxygen atoms in total. The van der Waals surface area contributed by atoms with Gasteiger partial charge in [-0.2, -0.15) is 0 Å². The first kappa shape index (κ1) is 14.8. The molecule has 0 saturated heterocycles. The summed E-state index contributed by atoms with van der Waals surface area (Å²) in [5.74, 6) is 0.842. The highest BCUT2D eigenvalue weighted by molar-refractivity contribution is 9.10. The average molecular weight is 344 g/mol. The predicted molar refractivity (Wildman–Crippen MR) is 82.7 cm³/mol. The molecule has 114 valence electrons. The second kappa shape index (κ2) is 4.22. The molecule has 1 amide bonds. The SMILES string of the molecule is CC(C)(CO)NC(=O)[C@@]12C[C@@H]3C[C@](C)(C[C@](Br)(C3)C1)C2. The third-order valence-corrected chi connectivity index (χ3v) is 6.49. The lowest BCUT2D eigenvalue weighted by Gasteiger charge is -2.63. The van der Waals surface area contributed by atoms with Gasteiger partial charge in [-0.15, -0.1) is 0 Å². The Balaban J connectivity index is 1.87. The Morgan fingerprint density at radius 3 is 2.55 bits per heavy atom. The predicted octanol–water partition coefficient (Wildman–Crippen LogP) is 3.00. The largest absolute Gasteiger partial charge is 0.394 e. The van der Waals surface area contributed by atoms with Crippen LogP contribution in [0.3, 0.4) is 0 Å². The first-order chi connectivity index (χ1) is 9.10. The molecule has 20 heavy (non-hydrogen) atoms. The Hall–Kier alpha value is -0.0900. The maximum Gasteiger partial charge on any atom is 0.226 e. The molecule has 0 unspecified atom stereocenters. The van der Waals surface area contributed by atoms with Crippen molar-refractivity contribution in [3.8, 4) is 0 Å². The first-order valence-electron chi connectivity index (χ1n) is 7.72. The summed E-state index contributed by atoms with van der Waals surface area (Å²) >= 11 is 3.96. The Kier molecular flexibility index (Phi) is 3.13. The molecule has 0 radical (unpaired) electrons. The van der Waals surface area contributed by atoms with Gasteiger partial charge in [0.05, 0.1) is 17.6 Å². The molecule has 4 heteroatoms. The zero-order chi connectivity index (χ0) is 14.8. The van der Waals surface area contributed by atoms with Gasteiger partial charge in [-0.25, -0.2) is 0 Å². The van der Waals surface area contributed by atoms with Crippen molar-refractivity contribution in [3.63, 3.8) is 0 Å². The van der Waals surface area contributed by atoms with E-state index in [0.717, 1.165) is 19.3 Å². The molecular weight excluding hydrogens is 318 g/mol. The van der Waals surface area contributed by atoms with Crippen LogP contribution in [0, 0.1) is 16.7 Å². The van der Waals surface area contributed by atoms with E-state index < -0.39 is 5.54 Å². The molecule has 4 aliphatic carbocycles. The molecular formula is C16H26BrNO2. The van der Waals surface area contributed by atoms with Crippen molar-refractivity contribution in [2.24, 2.45) is 16.7 Å². The van der Waals surface area contributed by atoms with Gasteiger partial charge in [0, 0.05) is 4.32 Å². The van der Waals surface area contributed by atoms with Gasteiger partial charge >= 0.3 is 0 Å². The van der Waals surface area contributed by atoms with Gasteiger partial charge in [0.1, 0.15) is 0 Å². The number of hydrogen-bond acceptors (Lipinski definition) is 2. The lowest BCUT2D eigenvalue weighted by molar-refractivity contribution is -0.153. The van der Waals surface area contributed by atoms with Crippen LogP contribution in [-0.4, -0.2) is 27.5 Å². The summed E-state index contributed by atoms with van der Waals surface area (Å²) in [6.45, 7) is 6.11. The standard InChI is InChI=1S/C16H26BrNO2/c1-13(2,10-19)18-12(20)15-5-11-4-14(3,7-15)8-16(17,6-11)9-15/h11,19H,4-10H2,1-3H3,(H,18,20)/t11-,14-,15+,16+/m0/s1. The van der Waals surface area contributed by atoms with E-state index in [1.54, 1.807) is 0 Å². The van der Waals surface area contributed by atoms with Crippen LogP contribution in [0.4, 0.5) is 0 Å². The minimum Gasteiger partial charge on any atom is -0.394 e. The summed E-state index contributed by atoms with van der Waals surface area (Å²) < 4.78 is 0.169. The fourth-order valence-corrected chi connectivity index (χ4v) is 7.20. The number of rotatable bonds is 3. The van der Waals surface area contributed by atoms with E-state index in [1.807, 2.05) is 13.8 Å². The van der Waals surface area contributed by atoms with E-state index in [9.17, 15) is 9.90 Å². The second-order valence-electron chi connectivity index (χ2n) is 8.75. The molecule has 0 aromatic carbocycles. The third-order valence-electron chi connectivity index (χ3n) is 5.61. The lowest BCUT2D eigenvalue weighted by atomic mass is 9.44. The molecule has 4 atom stereocenters. The number of carbonyl (C=O) groups excluding carboxylic acids is 1. The molecule has 0 aromatic rings. The summed E-state index contributed by atoms with van der Waals surface area (Å²) in [4.78, 5) is 12.9. The normalized spacial score (nSPS) is 46.5. The Morgan fingerprint density at radius 1 is 1.30 bits per heavy atom. The van der Waals surface area contributed by atoms with Gasteiger partial charge in [-0.1, -0.05) is 22.9 Å². The molecule has 4 fully saturated rings. The quantitative estimate of drug-likeness (QED) is 0.774. The summed E-state index contributed by atoms with van der Waals surface area (Å²) in [6.07, 6.45) is 6.70. The summed E-state index contributed by atoms with van der Waals surface area (Å²) in [6, 6.07) is 0. The van der Waals surface area contributed by atoms with E-state index >= 15 is 0 Å². The fourth-order valence-electron chi connectivity index (χ4n) is 5.52. The minimum absolute atomic E-state index is 0.0189. The van der Waals surface area contributed by atoms with E-state index in [1.165, 1.54) is 19.3 Å². The average Bonchev–Trinajstić information content (AvgIpc) is 2.23. The van der Waals surface area contributed by atoms with Crippen molar-refractivity contribution in [3.05, 3.63) is 0 Å². The molecule has 0 aliphatic heterocycles. The van der Waals surface area contributed by atoms with Gasteiger partial charge < -0.3 is 10.4 Å². The van der Waals surface area contributed by atoms with E-state index in [0.29, 0.717) is 11.3 Å². The Morgan fingerprint density at radius 2 is 2.00 bits per heavy atom. The monoisotopic (exact) mass is 343 g/mol. The maximum absolute atomic E-state index is 12.9. The van der Waals surface area contributed by atoms with Crippen molar-refractivity contribution in [1.82, 2.24) is 5.32 Å². The number of carbonyl (C=O) groups is 1. The fraction of sp³-hybridized carbons (Fsp3) is 0.938. The molecule has 0 heterocycles. The zero-order valence-corrected chi connectivity index (χ0v) is 14.3. The molecule has 0 spiro atoms. The van der Waals surface area contributed by atoms with Gasteiger partial charge in [0.25, 0.3) is 0 Å². The van der Waals surface area contributed by atoms with Crippen molar-refractivity contribution in [2.75, 3.05) is 6.61 Å². The molecule has 2 N–H and O–H groups in total. The van der Waals surface area contributed by atoms with Crippen LogP contribution in [0.15, 0.2) is 0 Å². The highest BCUT2D eigenvalue weighted by atomic mass is 79.9. The van der Waals surface area contributed by atoms with Gasteiger partial charge in [0.2, 0.25) is 5.91 Å². The molecule has 4 saturated carbocycles. The number of nitrogens with one attached hydrogen (secondary N) is 1. The van der Waals surface area contributed by atoms with Crippen molar-refractivity contribution >= 4 is 21.8 Å². The van der Waals surface area contributed by atoms with Crippen LogP contribution in [0.1, 0.15) is 59.3 Å². The van der Waals surface area contributed by atoms with Crippen LogP contribution in [0.5, 0.6) is 0 Å². The van der Waals surface area contributed by atoms with Crippen LogP contribution >= 0.6 is 15.9 Å². The van der Waals surface area contributed by atoms with Crippen LogP contribution in [0.2, 0.25) is 0 Å². The molecule has 0 aromatic heterocycles. The number of amides is 1. The molecule has 4 aliphatic rings. The highest BCUT2D eigenvalue weighted by Gasteiger charge is 2.63. The number of halogens is 1. The van der Waals surface area contributed by atoms with Crippen molar-refractivity contribution < 1.29 is 9.90 Å². The lowest BCUT2D eigenvalue weighted by Crippen LogP contribution is -2.63. The highest BCUT2D eigenvalue weighted by Crippen LogP contribution is 2.68. The van der Waals surface area contributed by atoms with E-state index in [4.69, 9.17) is 0 Å². The van der Waals surface area contributed by atoms with E-state index in [2.05, 4.69) is 28.2 Å². The van der Waals surface area contributed by atoms with Gasteiger partial charge in [0.15, 0.2) is 0 Å². The Bertz CT molecular complexity index is 430. The van der Waals surface area contributed by atoms with Gasteiger partial charge in [-0.05, 0) is 63.7 Å². The zero-order valence-electron chi connectivity index (χ0n) is 12.8. The minimum atomic E-state index is -0.527. The topological polar surface area (TPSA) is 49.3 Å². The Labute approximate surface area is 130 Å². The van der Waals surface area contributed by atoms with Crippen molar-refractivity contribution in [1.29, 1.82) is 0 Å². The summed E-state index contributed by atoms with van der Waals surface area (Å²) in [5.41, 5.74) is -0.436. The maximum atomic E-state index is 12.9. The third kappa shape index (κ3) is 2.33. The van der Waals surface area contributed by atoms with E-state index in [-0.39, 0.29) is 22.3 Å². The van der Waals surface area contributed by atoms with Gasteiger partial charge in [-0.3, -0.25) is 4.79 Å². The van der Waals surface area contributed by atoms with Crippen LogP contribution in [-0.2, 0) is 4.79 Å². The number of aliphatic hydroxyl groups is 1. The van der Waals surface area contributed by atoms with Crippen molar-refractivity contribution in [2.45, 2.75) is 69.2 Å². The summed E-state index contributed by atoms with van der Waals surface area (Å²) in [7, 11) is 0. The molecule has 4 rings (SSSR count). The molecule has 4 bridgehead atoms. The summed E-state index contributed by atoms with van der Waals surface area (Å²) in [5, 5.41) is 12.5. The smallest absolute Gasteiger partial charge is 0.226 e. The van der Waals surface area contributed by atoms with Crippen LogP contribution < -0.4 is 5.32 Å². The number of alkyl halides is 1. The first-order valence-corrected chi connectivity index (χ1v) is 8.51. The number of hydrogen-bond donors (Lipinski definition) is 2. The second-order valence-corrected chi connectivity index (χ2v) is 10.4. The number of aliphatic hydroxyl groups excluding tert-OH is 1. The van der Waals surface area contributed by atoms with Crippen LogP contribution in [0.25, 0.3) is 0 Å².